The Bertz CT molecular complexity index is 172. The zero-order chi connectivity index (χ0) is 11.8. The Kier molecular flexibility index (Phi) is 10.3. The number of rotatable bonds is 7. The highest BCUT2D eigenvalue weighted by Crippen LogP contribution is 2.23. The molecule has 17 heavy (non-hydrogen) atoms. The van der Waals surface area contributed by atoms with Crippen LogP contribution in [0.25, 0.3) is 0 Å². The van der Waals surface area contributed by atoms with Crippen molar-refractivity contribution in [1.82, 2.24) is 4.90 Å². The lowest BCUT2D eigenvalue weighted by atomic mass is 9.92. The third kappa shape index (κ3) is 6.67. The first kappa shape index (κ1) is 17.2. The molecular weight excluding hydrogens is 230 g/mol. The maximum absolute atomic E-state index is 2.72. The van der Waals surface area contributed by atoms with Gasteiger partial charge >= 0.3 is 0 Å². The fourth-order valence-corrected chi connectivity index (χ4v) is 2.83. The molecule has 1 rings (SSSR count). The van der Waals surface area contributed by atoms with Crippen LogP contribution in [0, 0.1) is 5.92 Å². The van der Waals surface area contributed by atoms with Crippen molar-refractivity contribution in [2.24, 2.45) is 5.92 Å². The SMILES string of the molecule is CCCCCCCCN1CCCC(C)C1C.Cl. The van der Waals surface area contributed by atoms with E-state index in [1.165, 1.54) is 64.5 Å². The Morgan fingerprint density at radius 3 is 2.35 bits per heavy atom. The fourth-order valence-electron chi connectivity index (χ4n) is 2.83. The van der Waals surface area contributed by atoms with Crippen molar-refractivity contribution in [3.05, 3.63) is 0 Å². The molecule has 0 N–H and O–H groups in total. The average molecular weight is 262 g/mol. The molecule has 1 heterocycles. The van der Waals surface area contributed by atoms with Crippen LogP contribution in [-0.4, -0.2) is 24.0 Å². The van der Waals surface area contributed by atoms with Crippen LogP contribution in [0.2, 0.25) is 0 Å². The lowest BCUT2D eigenvalue weighted by molar-refractivity contribution is 0.112. The maximum Gasteiger partial charge on any atom is 0.00925 e. The quantitative estimate of drug-likeness (QED) is 0.590. The molecule has 2 heteroatoms. The molecule has 1 aliphatic heterocycles. The van der Waals surface area contributed by atoms with E-state index in [4.69, 9.17) is 0 Å². The first-order valence-electron chi connectivity index (χ1n) is 7.49. The van der Waals surface area contributed by atoms with Crippen molar-refractivity contribution < 1.29 is 0 Å². The summed E-state index contributed by atoms with van der Waals surface area (Å²) in [5.74, 6) is 0.911. The molecular formula is C15H32ClN. The topological polar surface area (TPSA) is 3.24 Å². The van der Waals surface area contributed by atoms with Crippen molar-refractivity contribution in [3.8, 4) is 0 Å². The minimum atomic E-state index is 0. The summed E-state index contributed by atoms with van der Waals surface area (Å²) in [6.07, 6.45) is 11.4. The molecule has 1 saturated heterocycles. The average Bonchev–Trinajstić information content (AvgIpc) is 2.29. The van der Waals surface area contributed by atoms with Gasteiger partial charge in [-0.05, 0) is 45.2 Å². The van der Waals surface area contributed by atoms with Gasteiger partial charge in [0.25, 0.3) is 0 Å². The molecule has 0 amide bonds. The van der Waals surface area contributed by atoms with Gasteiger partial charge in [0.05, 0.1) is 0 Å². The second-order valence-electron chi connectivity index (χ2n) is 5.66. The van der Waals surface area contributed by atoms with Gasteiger partial charge in [-0.15, -0.1) is 12.4 Å². The minimum absolute atomic E-state index is 0. The van der Waals surface area contributed by atoms with Crippen molar-refractivity contribution in [3.63, 3.8) is 0 Å². The zero-order valence-electron chi connectivity index (χ0n) is 12.1. The molecule has 0 aliphatic carbocycles. The Balaban J connectivity index is 0.00000256. The largest absolute Gasteiger partial charge is 0.300 e. The van der Waals surface area contributed by atoms with Gasteiger partial charge in [0, 0.05) is 6.04 Å². The van der Waals surface area contributed by atoms with Gasteiger partial charge in [-0.3, -0.25) is 0 Å². The summed E-state index contributed by atoms with van der Waals surface area (Å²) in [6, 6.07) is 0.824. The number of hydrogen-bond donors (Lipinski definition) is 0. The van der Waals surface area contributed by atoms with Crippen molar-refractivity contribution >= 4 is 12.4 Å². The van der Waals surface area contributed by atoms with Crippen LogP contribution in [0.1, 0.15) is 72.1 Å². The van der Waals surface area contributed by atoms with Crippen molar-refractivity contribution in [1.29, 1.82) is 0 Å². The van der Waals surface area contributed by atoms with Gasteiger partial charge in [0.15, 0.2) is 0 Å². The van der Waals surface area contributed by atoms with E-state index in [0.717, 1.165) is 12.0 Å². The van der Waals surface area contributed by atoms with E-state index >= 15 is 0 Å². The molecule has 0 saturated carbocycles. The second-order valence-corrected chi connectivity index (χ2v) is 5.66. The van der Waals surface area contributed by atoms with Gasteiger partial charge in [-0.2, -0.15) is 0 Å². The number of unbranched alkanes of at least 4 members (excludes halogenated alkanes) is 5. The minimum Gasteiger partial charge on any atom is -0.300 e. The molecule has 1 fully saturated rings. The van der Waals surface area contributed by atoms with Crippen LogP contribution in [-0.2, 0) is 0 Å². The smallest absolute Gasteiger partial charge is 0.00925 e. The summed E-state index contributed by atoms with van der Waals surface area (Å²) in [7, 11) is 0. The number of halogens is 1. The van der Waals surface area contributed by atoms with Crippen LogP contribution in [0.3, 0.4) is 0 Å². The van der Waals surface area contributed by atoms with Gasteiger partial charge in [0.1, 0.15) is 0 Å². The lowest BCUT2D eigenvalue weighted by Gasteiger charge is -2.37. The number of piperidine rings is 1. The lowest BCUT2D eigenvalue weighted by Crippen LogP contribution is -2.42. The predicted octanol–water partition coefficient (Wildman–Crippen LogP) is 4.89. The normalized spacial score (nSPS) is 25.6. The molecule has 0 spiro atoms. The molecule has 0 aromatic rings. The summed E-state index contributed by atoms with van der Waals surface area (Å²) in [5.41, 5.74) is 0. The van der Waals surface area contributed by atoms with E-state index in [-0.39, 0.29) is 12.4 Å². The molecule has 1 nitrogen and oxygen atoms in total. The molecule has 0 bridgehead atoms. The molecule has 2 unspecified atom stereocenters. The van der Waals surface area contributed by atoms with E-state index in [1.807, 2.05) is 0 Å². The Hall–Kier alpha value is 0.250. The second kappa shape index (κ2) is 10.2. The highest BCUT2D eigenvalue weighted by atomic mass is 35.5. The Morgan fingerprint density at radius 1 is 1.00 bits per heavy atom. The number of hydrogen-bond acceptors (Lipinski definition) is 1. The molecule has 0 radical (unpaired) electrons. The van der Waals surface area contributed by atoms with Crippen LogP contribution in [0.5, 0.6) is 0 Å². The summed E-state index contributed by atoms with van der Waals surface area (Å²) in [4.78, 5) is 2.72. The monoisotopic (exact) mass is 261 g/mol. The van der Waals surface area contributed by atoms with E-state index in [1.54, 1.807) is 0 Å². The third-order valence-electron chi connectivity index (χ3n) is 4.30. The third-order valence-corrected chi connectivity index (χ3v) is 4.30. The zero-order valence-corrected chi connectivity index (χ0v) is 12.9. The van der Waals surface area contributed by atoms with E-state index in [2.05, 4.69) is 25.7 Å². The summed E-state index contributed by atoms with van der Waals surface area (Å²) >= 11 is 0. The van der Waals surface area contributed by atoms with E-state index in [0.29, 0.717) is 0 Å². The molecule has 104 valence electrons. The predicted molar refractivity (Wildman–Crippen MR) is 80.1 cm³/mol. The van der Waals surface area contributed by atoms with Crippen LogP contribution in [0.4, 0.5) is 0 Å². The van der Waals surface area contributed by atoms with Crippen molar-refractivity contribution in [2.45, 2.75) is 78.2 Å². The van der Waals surface area contributed by atoms with Gasteiger partial charge in [0.2, 0.25) is 0 Å². The first-order valence-corrected chi connectivity index (χ1v) is 7.49. The first-order chi connectivity index (χ1) is 7.75. The number of likely N-dealkylation sites (tertiary alicyclic amines) is 1. The summed E-state index contributed by atoms with van der Waals surface area (Å²) in [6.45, 7) is 9.81. The Morgan fingerprint density at radius 2 is 1.65 bits per heavy atom. The molecule has 0 aromatic carbocycles. The van der Waals surface area contributed by atoms with Gasteiger partial charge < -0.3 is 4.90 Å². The highest BCUT2D eigenvalue weighted by molar-refractivity contribution is 5.85. The van der Waals surface area contributed by atoms with E-state index in [9.17, 15) is 0 Å². The molecule has 2 atom stereocenters. The van der Waals surface area contributed by atoms with Crippen molar-refractivity contribution in [2.75, 3.05) is 13.1 Å². The molecule has 1 aliphatic rings. The van der Waals surface area contributed by atoms with Crippen LogP contribution >= 0.6 is 12.4 Å². The Labute approximate surface area is 115 Å². The van der Waals surface area contributed by atoms with Gasteiger partial charge in [-0.25, -0.2) is 0 Å². The maximum atomic E-state index is 2.72. The summed E-state index contributed by atoms with van der Waals surface area (Å²) < 4.78 is 0. The number of nitrogens with zero attached hydrogens (tertiary/aromatic N) is 1. The van der Waals surface area contributed by atoms with Gasteiger partial charge in [-0.1, -0.05) is 46.0 Å². The van der Waals surface area contributed by atoms with E-state index < -0.39 is 0 Å². The molecule has 0 aromatic heterocycles. The highest BCUT2D eigenvalue weighted by Gasteiger charge is 2.23. The fraction of sp³-hybridized carbons (Fsp3) is 1.00. The van der Waals surface area contributed by atoms with Crippen LogP contribution < -0.4 is 0 Å². The van der Waals surface area contributed by atoms with Crippen LogP contribution in [0.15, 0.2) is 0 Å². The summed E-state index contributed by atoms with van der Waals surface area (Å²) in [5, 5.41) is 0. The standard InChI is InChI=1S/C15H31N.ClH/c1-4-5-6-7-8-9-12-16-13-10-11-14(2)15(16)3;/h14-15H,4-13H2,1-3H3;1H.